The number of aromatic nitrogens is 1. The molecule has 0 radical (unpaired) electrons. The Labute approximate surface area is 232 Å². The van der Waals surface area contributed by atoms with Crippen molar-refractivity contribution in [3.05, 3.63) is 59.5 Å². The molecule has 2 aromatic carbocycles. The lowest BCUT2D eigenvalue weighted by Crippen LogP contribution is -2.49. The van der Waals surface area contributed by atoms with Crippen LogP contribution in [0.4, 0.5) is 24.5 Å². The van der Waals surface area contributed by atoms with Crippen LogP contribution in [-0.2, 0) is 11.2 Å². The third-order valence-corrected chi connectivity index (χ3v) is 7.86. The second-order valence-electron chi connectivity index (χ2n) is 10.5. The molecule has 1 amide bonds. The van der Waals surface area contributed by atoms with Crippen molar-refractivity contribution in [1.29, 1.82) is 0 Å². The number of carbonyl (C=O) groups excluding carboxylic acids is 1. The van der Waals surface area contributed by atoms with Crippen molar-refractivity contribution in [2.24, 2.45) is 5.41 Å². The zero-order chi connectivity index (χ0) is 28.9. The van der Waals surface area contributed by atoms with Crippen LogP contribution >= 0.6 is 0 Å². The molecule has 0 atom stereocenters. The van der Waals surface area contributed by atoms with Gasteiger partial charge in [-0.05, 0) is 69.0 Å². The smallest absolute Gasteiger partial charge is 0.249 e. The van der Waals surface area contributed by atoms with Gasteiger partial charge in [-0.15, -0.1) is 0 Å². The SMILES string of the molecule is COc1ccc2ncc(N(C)C)c(CCCC3(C(=O)NO)CCN(CCNc4cc(F)cc(F)c4F)CC3)c2c1. The summed E-state index contributed by atoms with van der Waals surface area (Å²) in [4.78, 5) is 21.6. The Kier molecular flexibility index (Phi) is 9.36. The van der Waals surface area contributed by atoms with E-state index in [0.717, 1.165) is 40.4 Å². The molecule has 0 unspecified atom stereocenters. The van der Waals surface area contributed by atoms with Gasteiger partial charge in [0.1, 0.15) is 11.6 Å². The molecule has 1 aliphatic heterocycles. The number of carbonyl (C=O) groups is 1. The fourth-order valence-corrected chi connectivity index (χ4v) is 5.54. The van der Waals surface area contributed by atoms with E-state index in [9.17, 15) is 23.2 Å². The molecule has 2 heterocycles. The summed E-state index contributed by atoms with van der Waals surface area (Å²) >= 11 is 0. The lowest BCUT2D eigenvalue weighted by Gasteiger charge is -2.40. The van der Waals surface area contributed by atoms with Crippen molar-refractivity contribution in [2.75, 3.05) is 57.6 Å². The van der Waals surface area contributed by atoms with E-state index in [0.29, 0.717) is 51.4 Å². The fourth-order valence-electron chi connectivity index (χ4n) is 5.54. The minimum Gasteiger partial charge on any atom is -0.497 e. The Bertz CT molecular complexity index is 1350. The van der Waals surface area contributed by atoms with Gasteiger partial charge in [0.15, 0.2) is 11.6 Å². The number of anilines is 2. The first-order valence-corrected chi connectivity index (χ1v) is 13.4. The number of hydrogen-bond donors (Lipinski definition) is 3. The first-order chi connectivity index (χ1) is 19.2. The standard InChI is InChI=1S/C29H36F3N5O3/c1-36(2)26-18-34-24-7-6-20(40-3)17-22(24)21(26)5-4-8-29(28(38)35-39)9-12-37(13-10-29)14-11-33-25-16-19(30)15-23(31)27(25)32/h6-7,15-18,33,39H,4-5,8-14H2,1-3H3,(H,35,38). The molecule has 0 spiro atoms. The highest BCUT2D eigenvalue weighted by Gasteiger charge is 2.40. The van der Waals surface area contributed by atoms with Gasteiger partial charge in [-0.3, -0.25) is 15.0 Å². The average Bonchev–Trinajstić information content (AvgIpc) is 2.95. The highest BCUT2D eigenvalue weighted by atomic mass is 19.2. The van der Waals surface area contributed by atoms with Crippen LogP contribution in [0.25, 0.3) is 10.9 Å². The van der Waals surface area contributed by atoms with Gasteiger partial charge in [0, 0.05) is 44.7 Å². The van der Waals surface area contributed by atoms with Crippen LogP contribution in [0.1, 0.15) is 31.2 Å². The number of methoxy groups -OCH3 is 1. The van der Waals surface area contributed by atoms with E-state index in [1.807, 2.05) is 48.9 Å². The van der Waals surface area contributed by atoms with Gasteiger partial charge in [-0.1, -0.05) is 0 Å². The number of halogens is 3. The molecule has 40 heavy (non-hydrogen) atoms. The van der Waals surface area contributed by atoms with E-state index in [-0.39, 0.29) is 12.2 Å². The summed E-state index contributed by atoms with van der Waals surface area (Å²) in [5.74, 6) is -2.85. The molecule has 3 aromatic rings. The molecule has 8 nitrogen and oxygen atoms in total. The number of likely N-dealkylation sites (tertiary alicyclic amines) is 1. The molecule has 1 saturated heterocycles. The quantitative estimate of drug-likeness (QED) is 0.178. The molecule has 216 valence electrons. The van der Waals surface area contributed by atoms with Crippen LogP contribution in [0, 0.1) is 22.9 Å². The minimum absolute atomic E-state index is 0.220. The molecule has 0 bridgehead atoms. The maximum absolute atomic E-state index is 13.9. The predicted molar refractivity (Wildman–Crippen MR) is 148 cm³/mol. The zero-order valence-electron chi connectivity index (χ0n) is 23.1. The number of hydroxylamine groups is 1. The highest BCUT2D eigenvalue weighted by Crippen LogP contribution is 2.38. The Hall–Kier alpha value is -3.57. The number of nitrogens with one attached hydrogen (secondary N) is 2. The molecule has 1 aromatic heterocycles. The van der Waals surface area contributed by atoms with Crippen molar-refractivity contribution in [1.82, 2.24) is 15.4 Å². The van der Waals surface area contributed by atoms with Crippen LogP contribution in [0.3, 0.4) is 0 Å². The van der Waals surface area contributed by atoms with Crippen LogP contribution in [0.5, 0.6) is 5.75 Å². The second kappa shape index (κ2) is 12.7. The number of piperidine rings is 1. The van der Waals surface area contributed by atoms with Crippen molar-refractivity contribution < 1.29 is 27.9 Å². The summed E-state index contributed by atoms with van der Waals surface area (Å²) < 4.78 is 46.3. The van der Waals surface area contributed by atoms with Crippen LogP contribution in [-0.4, -0.2) is 68.4 Å². The van der Waals surface area contributed by atoms with E-state index >= 15 is 0 Å². The number of fused-ring (bicyclic) bond motifs is 1. The van der Waals surface area contributed by atoms with E-state index in [1.165, 1.54) is 0 Å². The molecular formula is C29H36F3N5O3. The van der Waals surface area contributed by atoms with Gasteiger partial charge in [-0.2, -0.15) is 0 Å². The predicted octanol–water partition coefficient (Wildman–Crippen LogP) is 4.75. The average molecular weight is 560 g/mol. The van der Waals surface area contributed by atoms with Gasteiger partial charge < -0.3 is 19.9 Å². The third kappa shape index (κ3) is 6.42. The number of ether oxygens (including phenoxy) is 1. The normalized spacial score (nSPS) is 15.2. The van der Waals surface area contributed by atoms with Crippen molar-refractivity contribution in [2.45, 2.75) is 32.1 Å². The summed E-state index contributed by atoms with van der Waals surface area (Å²) in [6.07, 6.45) is 4.94. The molecular weight excluding hydrogens is 523 g/mol. The van der Waals surface area contributed by atoms with Gasteiger partial charge in [0.05, 0.1) is 35.6 Å². The number of aryl methyl sites for hydroxylation is 1. The number of rotatable bonds is 11. The van der Waals surface area contributed by atoms with Crippen molar-refractivity contribution in [3.63, 3.8) is 0 Å². The lowest BCUT2D eigenvalue weighted by atomic mass is 9.73. The number of benzene rings is 2. The maximum Gasteiger partial charge on any atom is 0.249 e. The largest absolute Gasteiger partial charge is 0.497 e. The molecule has 0 saturated carbocycles. The molecule has 0 aliphatic carbocycles. The molecule has 4 rings (SSSR count). The van der Waals surface area contributed by atoms with Crippen molar-refractivity contribution >= 4 is 28.2 Å². The topological polar surface area (TPSA) is 90.0 Å². The van der Waals surface area contributed by atoms with Crippen molar-refractivity contribution in [3.8, 4) is 5.75 Å². The molecule has 11 heteroatoms. The van der Waals surface area contributed by atoms with Gasteiger partial charge in [-0.25, -0.2) is 18.7 Å². The number of pyridine rings is 1. The number of hydrogen-bond acceptors (Lipinski definition) is 7. The third-order valence-electron chi connectivity index (χ3n) is 7.86. The number of nitrogens with zero attached hydrogens (tertiary/aromatic N) is 3. The maximum atomic E-state index is 13.9. The molecule has 1 aliphatic rings. The zero-order valence-corrected chi connectivity index (χ0v) is 23.1. The van der Waals surface area contributed by atoms with E-state index in [4.69, 9.17) is 4.74 Å². The first kappa shape index (κ1) is 29.4. The van der Waals surface area contributed by atoms with Gasteiger partial charge in [0.2, 0.25) is 5.91 Å². The Morgan fingerprint density at radius 1 is 1.18 bits per heavy atom. The Balaban J connectivity index is 1.40. The first-order valence-electron chi connectivity index (χ1n) is 13.4. The van der Waals surface area contributed by atoms with E-state index < -0.39 is 28.8 Å². The fraction of sp³-hybridized carbons (Fsp3) is 0.448. The van der Waals surface area contributed by atoms with Crippen LogP contribution in [0.15, 0.2) is 36.5 Å². The minimum atomic E-state index is -1.24. The molecule has 1 fully saturated rings. The van der Waals surface area contributed by atoms with Crippen LogP contribution in [0.2, 0.25) is 0 Å². The van der Waals surface area contributed by atoms with Gasteiger partial charge in [0.25, 0.3) is 0 Å². The highest BCUT2D eigenvalue weighted by molar-refractivity contribution is 5.88. The summed E-state index contributed by atoms with van der Waals surface area (Å²) in [5, 5.41) is 13.3. The van der Waals surface area contributed by atoms with E-state index in [2.05, 4.69) is 15.2 Å². The monoisotopic (exact) mass is 559 g/mol. The Morgan fingerprint density at radius 3 is 2.60 bits per heavy atom. The number of amides is 1. The summed E-state index contributed by atoms with van der Waals surface area (Å²) in [7, 11) is 5.57. The van der Waals surface area contributed by atoms with Gasteiger partial charge >= 0.3 is 0 Å². The summed E-state index contributed by atoms with van der Waals surface area (Å²) in [5.41, 5.74) is 3.92. The lowest BCUT2D eigenvalue weighted by molar-refractivity contribution is -0.143. The summed E-state index contributed by atoms with van der Waals surface area (Å²) in [6.45, 7) is 1.97. The summed E-state index contributed by atoms with van der Waals surface area (Å²) in [6, 6.07) is 7.23. The van der Waals surface area contributed by atoms with E-state index in [1.54, 1.807) is 7.11 Å². The Morgan fingerprint density at radius 2 is 1.93 bits per heavy atom. The van der Waals surface area contributed by atoms with Crippen LogP contribution < -0.4 is 20.4 Å². The molecule has 3 N–H and O–H groups in total. The second-order valence-corrected chi connectivity index (χ2v) is 10.5.